The van der Waals surface area contributed by atoms with Gasteiger partial charge in [-0.25, -0.2) is 4.39 Å². The summed E-state index contributed by atoms with van der Waals surface area (Å²) in [5, 5.41) is 0. The molecule has 0 heterocycles. The van der Waals surface area contributed by atoms with Crippen LogP contribution in [-0.4, -0.2) is 0 Å². The van der Waals surface area contributed by atoms with Crippen molar-refractivity contribution in [2.24, 2.45) is 29.1 Å². The molecule has 128 valence electrons. The first-order valence-corrected chi connectivity index (χ1v) is 9.72. The lowest BCUT2D eigenvalue weighted by molar-refractivity contribution is 0.325. The van der Waals surface area contributed by atoms with Crippen LogP contribution >= 0.6 is 0 Å². The van der Waals surface area contributed by atoms with Crippen molar-refractivity contribution in [3.63, 3.8) is 0 Å². The standard InChI is InChI=1S/C22H33F/c1-5-22(14-21(22)15(2)3)12-6-7-16(4)19-13-20(19)17-8-10-18(23)11-9-17/h8-11,15-16,19-21H,5-7,12-14H2,1-4H3. The minimum Gasteiger partial charge on any atom is -0.207 e. The Bertz CT molecular complexity index is 517. The number of benzene rings is 1. The third kappa shape index (κ3) is 3.64. The van der Waals surface area contributed by atoms with Gasteiger partial charge in [0.2, 0.25) is 0 Å². The summed E-state index contributed by atoms with van der Waals surface area (Å²) in [7, 11) is 0. The first-order valence-electron chi connectivity index (χ1n) is 9.72. The number of rotatable bonds is 8. The Morgan fingerprint density at radius 3 is 2.43 bits per heavy atom. The molecule has 0 aliphatic heterocycles. The van der Waals surface area contributed by atoms with Crippen LogP contribution in [0.1, 0.15) is 77.7 Å². The fourth-order valence-electron chi connectivity index (χ4n) is 5.12. The molecule has 0 aromatic heterocycles. The molecule has 0 nitrogen and oxygen atoms in total. The average molecular weight is 317 g/mol. The van der Waals surface area contributed by atoms with Crippen LogP contribution in [0.2, 0.25) is 0 Å². The highest BCUT2D eigenvalue weighted by Crippen LogP contribution is 2.62. The summed E-state index contributed by atoms with van der Waals surface area (Å²) < 4.78 is 13.0. The summed E-state index contributed by atoms with van der Waals surface area (Å²) in [5.41, 5.74) is 2.03. The molecule has 1 aromatic rings. The van der Waals surface area contributed by atoms with Crippen molar-refractivity contribution in [2.45, 2.75) is 72.1 Å². The van der Waals surface area contributed by atoms with E-state index in [2.05, 4.69) is 27.7 Å². The van der Waals surface area contributed by atoms with E-state index in [1.807, 2.05) is 12.1 Å². The van der Waals surface area contributed by atoms with Crippen LogP contribution in [0.4, 0.5) is 4.39 Å². The molecular formula is C22H33F. The van der Waals surface area contributed by atoms with Crippen LogP contribution in [0, 0.1) is 34.9 Å². The second-order valence-electron chi connectivity index (χ2n) is 8.70. The quantitative estimate of drug-likeness (QED) is 0.494. The zero-order valence-corrected chi connectivity index (χ0v) is 15.3. The molecule has 0 radical (unpaired) electrons. The smallest absolute Gasteiger partial charge is 0.123 e. The molecule has 2 aliphatic rings. The monoisotopic (exact) mass is 316 g/mol. The van der Waals surface area contributed by atoms with E-state index in [0.29, 0.717) is 11.3 Å². The van der Waals surface area contributed by atoms with E-state index in [1.54, 1.807) is 12.1 Å². The van der Waals surface area contributed by atoms with Gasteiger partial charge >= 0.3 is 0 Å². The molecule has 2 fully saturated rings. The van der Waals surface area contributed by atoms with E-state index in [4.69, 9.17) is 0 Å². The lowest BCUT2D eigenvalue weighted by Crippen LogP contribution is -2.08. The summed E-state index contributed by atoms with van der Waals surface area (Å²) in [6.07, 6.45) is 8.34. The van der Waals surface area contributed by atoms with E-state index in [0.717, 1.165) is 23.7 Å². The zero-order chi connectivity index (χ0) is 16.6. The van der Waals surface area contributed by atoms with Crippen molar-refractivity contribution in [1.82, 2.24) is 0 Å². The first-order chi connectivity index (χ1) is 11.0. The van der Waals surface area contributed by atoms with Gasteiger partial charge in [-0.15, -0.1) is 0 Å². The van der Waals surface area contributed by atoms with Crippen LogP contribution in [0.3, 0.4) is 0 Å². The van der Waals surface area contributed by atoms with E-state index >= 15 is 0 Å². The molecule has 0 saturated heterocycles. The van der Waals surface area contributed by atoms with Crippen LogP contribution < -0.4 is 0 Å². The van der Waals surface area contributed by atoms with Gasteiger partial charge in [-0.05, 0) is 72.0 Å². The Hall–Kier alpha value is -0.850. The Labute approximate surface area is 141 Å². The van der Waals surface area contributed by atoms with E-state index in [1.165, 1.54) is 44.1 Å². The molecule has 3 rings (SSSR count). The molecule has 1 aromatic carbocycles. The van der Waals surface area contributed by atoms with Crippen molar-refractivity contribution in [3.8, 4) is 0 Å². The number of halogens is 1. The van der Waals surface area contributed by atoms with Crippen LogP contribution in [0.5, 0.6) is 0 Å². The molecule has 5 unspecified atom stereocenters. The highest BCUT2D eigenvalue weighted by atomic mass is 19.1. The molecule has 0 amide bonds. The highest BCUT2D eigenvalue weighted by molar-refractivity contribution is 5.26. The maximum Gasteiger partial charge on any atom is 0.123 e. The van der Waals surface area contributed by atoms with Crippen molar-refractivity contribution in [1.29, 1.82) is 0 Å². The Morgan fingerprint density at radius 2 is 1.87 bits per heavy atom. The van der Waals surface area contributed by atoms with Crippen molar-refractivity contribution in [3.05, 3.63) is 35.6 Å². The molecule has 2 saturated carbocycles. The van der Waals surface area contributed by atoms with E-state index < -0.39 is 0 Å². The molecule has 2 aliphatic carbocycles. The van der Waals surface area contributed by atoms with Gasteiger partial charge in [0.05, 0.1) is 0 Å². The Balaban J connectivity index is 1.43. The van der Waals surface area contributed by atoms with Crippen molar-refractivity contribution < 1.29 is 4.39 Å². The van der Waals surface area contributed by atoms with Crippen LogP contribution in [0.25, 0.3) is 0 Å². The Kier molecular flexibility index (Phi) is 4.85. The summed E-state index contributed by atoms with van der Waals surface area (Å²) in [5.74, 6) is 4.06. The summed E-state index contributed by atoms with van der Waals surface area (Å²) >= 11 is 0. The van der Waals surface area contributed by atoms with Gasteiger partial charge < -0.3 is 0 Å². The minimum atomic E-state index is -0.118. The lowest BCUT2D eigenvalue weighted by atomic mass is 9.87. The van der Waals surface area contributed by atoms with Gasteiger partial charge in [-0.2, -0.15) is 0 Å². The summed E-state index contributed by atoms with van der Waals surface area (Å²) in [6, 6.07) is 7.19. The summed E-state index contributed by atoms with van der Waals surface area (Å²) in [6.45, 7) is 9.60. The SMILES string of the molecule is CCC1(CCCC(C)C2CC2c2ccc(F)cc2)CC1C(C)C. The van der Waals surface area contributed by atoms with Crippen LogP contribution in [0.15, 0.2) is 24.3 Å². The summed E-state index contributed by atoms with van der Waals surface area (Å²) in [4.78, 5) is 0. The minimum absolute atomic E-state index is 0.118. The zero-order valence-electron chi connectivity index (χ0n) is 15.3. The van der Waals surface area contributed by atoms with Gasteiger partial charge in [-0.1, -0.05) is 59.1 Å². The van der Waals surface area contributed by atoms with Gasteiger partial charge in [0.15, 0.2) is 0 Å². The third-order valence-electron chi connectivity index (χ3n) is 6.96. The lowest BCUT2D eigenvalue weighted by Gasteiger charge is -2.19. The third-order valence-corrected chi connectivity index (χ3v) is 6.96. The van der Waals surface area contributed by atoms with Crippen molar-refractivity contribution in [2.75, 3.05) is 0 Å². The van der Waals surface area contributed by atoms with Crippen LogP contribution in [-0.2, 0) is 0 Å². The fourth-order valence-corrected chi connectivity index (χ4v) is 5.12. The van der Waals surface area contributed by atoms with Gasteiger partial charge in [0.25, 0.3) is 0 Å². The van der Waals surface area contributed by atoms with Gasteiger partial charge in [0.1, 0.15) is 5.82 Å². The molecule has 23 heavy (non-hydrogen) atoms. The largest absolute Gasteiger partial charge is 0.207 e. The first kappa shape index (κ1) is 17.0. The molecule has 1 heteroatoms. The second-order valence-corrected chi connectivity index (χ2v) is 8.70. The maximum atomic E-state index is 13.0. The maximum absolute atomic E-state index is 13.0. The molecule has 0 bridgehead atoms. The van der Waals surface area contributed by atoms with Gasteiger partial charge in [-0.3, -0.25) is 0 Å². The normalized spacial score (nSPS) is 33.7. The molecule has 5 atom stereocenters. The van der Waals surface area contributed by atoms with E-state index in [9.17, 15) is 4.39 Å². The number of hydrogen-bond acceptors (Lipinski definition) is 0. The van der Waals surface area contributed by atoms with Gasteiger partial charge in [0, 0.05) is 0 Å². The topological polar surface area (TPSA) is 0 Å². The Morgan fingerprint density at radius 1 is 1.17 bits per heavy atom. The molecular weight excluding hydrogens is 283 g/mol. The predicted octanol–water partition coefficient (Wildman–Crippen LogP) is 6.81. The number of hydrogen-bond donors (Lipinski definition) is 0. The fraction of sp³-hybridized carbons (Fsp3) is 0.727. The van der Waals surface area contributed by atoms with E-state index in [-0.39, 0.29) is 5.82 Å². The molecule has 0 spiro atoms. The predicted molar refractivity (Wildman–Crippen MR) is 95.9 cm³/mol. The second kappa shape index (κ2) is 6.57. The van der Waals surface area contributed by atoms with Crippen molar-refractivity contribution >= 4 is 0 Å². The molecule has 0 N–H and O–H groups in total. The highest BCUT2D eigenvalue weighted by Gasteiger charge is 2.52. The average Bonchev–Trinajstić information content (AvgIpc) is 3.42.